The van der Waals surface area contributed by atoms with Crippen molar-refractivity contribution in [1.29, 1.82) is 0 Å². The van der Waals surface area contributed by atoms with Gasteiger partial charge in [0.05, 0.1) is 0 Å². The molecular weight excluding hydrogens is 344 g/mol. The van der Waals surface area contributed by atoms with Crippen molar-refractivity contribution >= 4 is 17.7 Å². The molecule has 3 aliphatic heterocycles. The van der Waals surface area contributed by atoms with Crippen LogP contribution in [0, 0.1) is 5.92 Å². The lowest BCUT2D eigenvalue weighted by molar-refractivity contribution is -0.136. The number of carbonyl (C=O) groups excluding carboxylic acids is 3. The standard InChI is InChI=1S/C20H26N4O3/c1-21-9-13-7-8-23(10-13)11-14-3-2-4-15-16(14)12-24(20(15)27)17-5-6-18(25)22-19(17)26/h2-4,13,17,21H,5-12H2,1H3,(H,22,25,26). The van der Waals surface area contributed by atoms with Gasteiger partial charge in [0.2, 0.25) is 11.8 Å². The molecule has 2 fully saturated rings. The minimum atomic E-state index is -0.553. The largest absolute Gasteiger partial charge is 0.322 e. The number of amides is 3. The van der Waals surface area contributed by atoms with Crippen LogP contribution in [0.2, 0.25) is 0 Å². The van der Waals surface area contributed by atoms with E-state index in [4.69, 9.17) is 0 Å². The number of fused-ring (bicyclic) bond motifs is 1. The molecule has 1 aromatic rings. The maximum absolute atomic E-state index is 12.9. The summed E-state index contributed by atoms with van der Waals surface area (Å²) in [5.41, 5.74) is 2.90. The van der Waals surface area contributed by atoms with E-state index in [9.17, 15) is 14.4 Å². The Hall–Kier alpha value is -2.25. The third kappa shape index (κ3) is 3.49. The van der Waals surface area contributed by atoms with Crippen LogP contribution in [0.1, 0.15) is 40.7 Å². The van der Waals surface area contributed by atoms with E-state index < -0.39 is 6.04 Å². The van der Waals surface area contributed by atoms with Crippen molar-refractivity contribution in [3.8, 4) is 0 Å². The molecule has 0 spiro atoms. The molecule has 7 nitrogen and oxygen atoms in total. The highest BCUT2D eigenvalue weighted by Crippen LogP contribution is 2.31. The molecule has 2 unspecified atom stereocenters. The van der Waals surface area contributed by atoms with Crippen molar-refractivity contribution in [1.82, 2.24) is 20.4 Å². The molecule has 7 heteroatoms. The Labute approximate surface area is 159 Å². The summed E-state index contributed by atoms with van der Waals surface area (Å²) in [6, 6.07) is 5.32. The van der Waals surface area contributed by atoms with Crippen molar-refractivity contribution in [3.63, 3.8) is 0 Å². The summed E-state index contributed by atoms with van der Waals surface area (Å²) < 4.78 is 0. The Morgan fingerprint density at radius 1 is 1.22 bits per heavy atom. The van der Waals surface area contributed by atoms with Gasteiger partial charge >= 0.3 is 0 Å². The first kappa shape index (κ1) is 18.1. The molecular formula is C20H26N4O3. The van der Waals surface area contributed by atoms with Gasteiger partial charge in [0.1, 0.15) is 6.04 Å². The fraction of sp³-hybridized carbons (Fsp3) is 0.550. The lowest BCUT2D eigenvalue weighted by Crippen LogP contribution is -2.52. The van der Waals surface area contributed by atoms with E-state index in [1.807, 2.05) is 19.2 Å². The second-order valence-electron chi connectivity index (χ2n) is 7.79. The molecule has 2 N–H and O–H groups in total. The van der Waals surface area contributed by atoms with Crippen LogP contribution in [0.5, 0.6) is 0 Å². The van der Waals surface area contributed by atoms with E-state index in [1.54, 1.807) is 4.90 Å². The number of likely N-dealkylation sites (tertiary alicyclic amines) is 1. The van der Waals surface area contributed by atoms with Crippen LogP contribution in [0.25, 0.3) is 0 Å². The number of hydrogen-bond acceptors (Lipinski definition) is 5. The molecule has 2 saturated heterocycles. The summed E-state index contributed by atoms with van der Waals surface area (Å²) in [6.45, 7) is 4.45. The molecule has 1 aromatic carbocycles. The maximum atomic E-state index is 12.9. The predicted octanol–water partition coefficient (Wildman–Crippen LogP) is 0.489. The predicted molar refractivity (Wildman–Crippen MR) is 99.8 cm³/mol. The summed E-state index contributed by atoms with van der Waals surface area (Å²) in [4.78, 5) is 40.6. The van der Waals surface area contributed by atoms with Gasteiger partial charge in [-0.3, -0.25) is 24.6 Å². The van der Waals surface area contributed by atoms with Gasteiger partial charge in [0, 0.05) is 31.6 Å². The second kappa shape index (κ2) is 7.40. The number of nitrogens with zero attached hydrogens (tertiary/aromatic N) is 2. The van der Waals surface area contributed by atoms with Gasteiger partial charge in [-0.05, 0) is 56.1 Å². The number of rotatable bonds is 5. The topological polar surface area (TPSA) is 81.8 Å². The SMILES string of the molecule is CNCC1CCN(Cc2cccc3c2CN(C2CCC(=O)NC2=O)C3=O)C1. The fourth-order valence-corrected chi connectivity index (χ4v) is 4.55. The number of hydrogen-bond donors (Lipinski definition) is 2. The summed E-state index contributed by atoms with van der Waals surface area (Å²) in [5.74, 6) is -0.0427. The highest BCUT2D eigenvalue weighted by molar-refractivity contribution is 6.05. The third-order valence-electron chi connectivity index (χ3n) is 5.94. The quantitative estimate of drug-likeness (QED) is 0.738. The lowest BCUT2D eigenvalue weighted by atomic mass is 10.0. The first-order valence-electron chi connectivity index (χ1n) is 9.69. The number of piperidine rings is 1. The fourth-order valence-electron chi connectivity index (χ4n) is 4.55. The zero-order chi connectivity index (χ0) is 19.0. The van der Waals surface area contributed by atoms with Gasteiger partial charge in [0.15, 0.2) is 0 Å². The van der Waals surface area contributed by atoms with Gasteiger partial charge in [-0.2, -0.15) is 0 Å². The van der Waals surface area contributed by atoms with Gasteiger partial charge in [-0.15, -0.1) is 0 Å². The van der Waals surface area contributed by atoms with Gasteiger partial charge in [0.25, 0.3) is 5.91 Å². The van der Waals surface area contributed by atoms with Crippen molar-refractivity contribution in [2.45, 2.75) is 38.4 Å². The van der Waals surface area contributed by atoms with Crippen LogP contribution >= 0.6 is 0 Å². The lowest BCUT2D eigenvalue weighted by Gasteiger charge is -2.29. The highest BCUT2D eigenvalue weighted by Gasteiger charge is 2.39. The smallest absolute Gasteiger partial charge is 0.255 e. The highest BCUT2D eigenvalue weighted by atomic mass is 16.2. The average molecular weight is 370 g/mol. The van der Waals surface area contributed by atoms with Crippen LogP contribution in [-0.4, -0.2) is 60.2 Å². The van der Waals surface area contributed by atoms with Gasteiger partial charge in [-0.1, -0.05) is 12.1 Å². The zero-order valence-corrected chi connectivity index (χ0v) is 15.7. The Bertz CT molecular complexity index is 778. The first-order valence-corrected chi connectivity index (χ1v) is 9.69. The molecule has 27 heavy (non-hydrogen) atoms. The molecule has 0 radical (unpaired) electrons. The van der Waals surface area contributed by atoms with Gasteiger partial charge < -0.3 is 10.2 Å². The van der Waals surface area contributed by atoms with Crippen LogP contribution < -0.4 is 10.6 Å². The second-order valence-corrected chi connectivity index (χ2v) is 7.79. The summed E-state index contributed by atoms with van der Waals surface area (Å²) in [7, 11) is 1.99. The molecule has 3 heterocycles. The molecule has 0 saturated carbocycles. The molecule has 144 valence electrons. The first-order chi connectivity index (χ1) is 13.1. The Balaban J connectivity index is 1.50. The van der Waals surface area contributed by atoms with E-state index in [1.165, 1.54) is 12.0 Å². The van der Waals surface area contributed by atoms with E-state index in [-0.39, 0.29) is 24.1 Å². The van der Waals surface area contributed by atoms with E-state index in [0.29, 0.717) is 24.4 Å². The molecule has 0 aromatic heterocycles. The van der Waals surface area contributed by atoms with Crippen molar-refractivity contribution in [2.75, 3.05) is 26.7 Å². The van der Waals surface area contributed by atoms with E-state index >= 15 is 0 Å². The van der Waals surface area contributed by atoms with Crippen LogP contribution in [-0.2, 0) is 22.7 Å². The Morgan fingerprint density at radius 2 is 2.07 bits per heavy atom. The van der Waals surface area contributed by atoms with E-state index in [0.717, 1.165) is 31.7 Å². The van der Waals surface area contributed by atoms with Crippen LogP contribution in [0.15, 0.2) is 18.2 Å². The molecule has 4 rings (SSSR count). The Morgan fingerprint density at radius 3 is 2.85 bits per heavy atom. The molecule has 0 bridgehead atoms. The summed E-state index contributed by atoms with van der Waals surface area (Å²) in [6.07, 6.45) is 1.87. The molecule has 2 atom stereocenters. The van der Waals surface area contributed by atoms with Crippen LogP contribution in [0.3, 0.4) is 0 Å². The number of nitrogens with one attached hydrogen (secondary N) is 2. The average Bonchev–Trinajstić information content (AvgIpc) is 3.21. The maximum Gasteiger partial charge on any atom is 0.255 e. The minimum absolute atomic E-state index is 0.101. The molecule has 3 aliphatic rings. The van der Waals surface area contributed by atoms with Crippen molar-refractivity contribution in [3.05, 3.63) is 34.9 Å². The van der Waals surface area contributed by atoms with Crippen molar-refractivity contribution < 1.29 is 14.4 Å². The Kier molecular flexibility index (Phi) is 4.97. The minimum Gasteiger partial charge on any atom is -0.322 e. The number of carbonyl (C=O) groups is 3. The van der Waals surface area contributed by atoms with Crippen LogP contribution in [0.4, 0.5) is 0 Å². The van der Waals surface area contributed by atoms with E-state index in [2.05, 4.69) is 21.6 Å². The third-order valence-corrected chi connectivity index (χ3v) is 5.94. The van der Waals surface area contributed by atoms with Crippen molar-refractivity contribution in [2.24, 2.45) is 5.92 Å². The molecule has 3 amide bonds. The normalized spacial score (nSPS) is 25.8. The summed E-state index contributed by atoms with van der Waals surface area (Å²) in [5, 5.41) is 5.61. The summed E-state index contributed by atoms with van der Waals surface area (Å²) >= 11 is 0. The number of benzene rings is 1. The molecule has 0 aliphatic carbocycles. The monoisotopic (exact) mass is 370 g/mol. The van der Waals surface area contributed by atoms with Gasteiger partial charge in [-0.25, -0.2) is 0 Å². The zero-order valence-electron chi connectivity index (χ0n) is 15.7. The number of imide groups is 1.